The molecule has 2 atom stereocenters. The van der Waals surface area contributed by atoms with Gasteiger partial charge in [0, 0.05) is 36.8 Å². The van der Waals surface area contributed by atoms with Crippen LogP contribution in [-0.2, 0) is 25.6 Å². The highest BCUT2D eigenvalue weighted by Crippen LogP contribution is 2.28. The van der Waals surface area contributed by atoms with Gasteiger partial charge in [-0.15, -0.1) is 11.8 Å². The second kappa shape index (κ2) is 15.5. The maximum absolute atomic E-state index is 13.5. The molecule has 9 nitrogen and oxygen atoms in total. The van der Waals surface area contributed by atoms with E-state index >= 15 is 0 Å². The molecule has 1 aromatic rings. The van der Waals surface area contributed by atoms with E-state index in [1.807, 2.05) is 45.0 Å². The molecule has 1 aliphatic carbocycles. The normalized spacial score (nSPS) is 21.3. The molecule has 41 heavy (non-hydrogen) atoms. The fraction of sp³-hybridized carbons (Fsp3) is 0.700. The topological polar surface area (TPSA) is 100 Å². The monoisotopic (exact) mass is 606 g/mol. The number of anilines is 1. The second-order valence-electron chi connectivity index (χ2n) is 12.1. The predicted octanol–water partition coefficient (Wildman–Crippen LogP) is 4.57. The van der Waals surface area contributed by atoms with Crippen LogP contribution < -0.4 is 10.6 Å². The van der Waals surface area contributed by atoms with E-state index in [-0.39, 0.29) is 11.8 Å². The summed E-state index contributed by atoms with van der Waals surface area (Å²) in [4.78, 5) is 43.5. The van der Waals surface area contributed by atoms with E-state index < -0.39 is 23.8 Å². The van der Waals surface area contributed by atoms with Gasteiger partial charge >= 0.3 is 6.09 Å². The molecule has 3 amide bonds. The summed E-state index contributed by atoms with van der Waals surface area (Å²) < 4.78 is 11.0. The van der Waals surface area contributed by atoms with Gasteiger partial charge < -0.3 is 20.1 Å². The van der Waals surface area contributed by atoms with E-state index in [4.69, 9.17) is 9.47 Å². The van der Waals surface area contributed by atoms with Crippen molar-refractivity contribution in [2.75, 3.05) is 54.8 Å². The summed E-state index contributed by atoms with van der Waals surface area (Å²) in [5.41, 5.74) is 1.23. The van der Waals surface area contributed by atoms with Gasteiger partial charge in [-0.2, -0.15) is 11.8 Å². The number of rotatable bonds is 10. The molecule has 228 valence electrons. The molecule has 3 fully saturated rings. The Balaban J connectivity index is 1.37. The predicted molar refractivity (Wildman–Crippen MR) is 166 cm³/mol. The van der Waals surface area contributed by atoms with Crippen molar-refractivity contribution in [3.05, 3.63) is 29.8 Å². The lowest BCUT2D eigenvalue weighted by Crippen LogP contribution is -2.54. The van der Waals surface area contributed by atoms with Crippen LogP contribution in [0, 0.1) is 5.92 Å². The molecule has 2 aliphatic heterocycles. The number of morpholine rings is 1. The van der Waals surface area contributed by atoms with Gasteiger partial charge in [0.25, 0.3) is 0 Å². The molecule has 3 aliphatic rings. The van der Waals surface area contributed by atoms with Crippen molar-refractivity contribution >= 4 is 47.1 Å². The minimum atomic E-state index is -0.713. The van der Waals surface area contributed by atoms with Crippen LogP contribution in [-0.4, -0.2) is 94.8 Å². The lowest BCUT2D eigenvalue weighted by Gasteiger charge is -2.28. The number of ether oxygens (including phenoxy) is 2. The van der Waals surface area contributed by atoms with Gasteiger partial charge in [-0.3, -0.25) is 19.4 Å². The third kappa shape index (κ3) is 10.4. The van der Waals surface area contributed by atoms with E-state index in [0.717, 1.165) is 38.6 Å². The molecule has 0 bridgehead atoms. The van der Waals surface area contributed by atoms with Crippen LogP contribution in [0.4, 0.5) is 10.5 Å². The minimum Gasteiger partial charge on any atom is -0.444 e. The van der Waals surface area contributed by atoms with Crippen LogP contribution in [0.25, 0.3) is 0 Å². The summed E-state index contributed by atoms with van der Waals surface area (Å²) in [5.74, 6) is 2.43. The van der Waals surface area contributed by atoms with E-state index in [0.29, 0.717) is 29.0 Å². The number of nitrogens with zero attached hydrogens (tertiary/aromatic N) is 2. The Kier molecular flexibility index (Phi) is 12.1. The number of carbonyl (C=O) groups excluding carboxylic acids is 3. The molecule has 4 rings (SSSR count). The Labute approximate surface area is 253 Å². The highest BCUT2D eigenvalue weighted by Gasteiger charge is 2.38. The van der Waals surface area contributed by atoms with Crippen LogP contribution >= 0.6 is 23.5 Å². The first-order valence-corrected chi connectivity index (χ1v) is 17.1. The zero-order chi connectivity index (χ0) is 29.2. The number of benzene rings is 1. The Hall–Kier alpha value is -1.95. The highest BCUT2D eigenvalue weighted by molar-refractivity contribution is 7.99. The lowest BCUT2D eigenvalue weighted by atomic mass is 9.91. The molecule has 0 aromatic heterocycles. The number of thioether (sulfide) groups is 2. The Morgan fingerprint density at radius 2 is 1.80 bits per heavy atom. The maximum atomic E-state index is 13.5. The molecule has 1 aromatic carbocycles. The van der Waals surface area contributed by atoms with Crippen LogP contribution in [0.15, 0.2) is 24.3 Å². The lowest BCUT2D eigenvalue weighted by molar-refractivity contribution is -0.128. The van der Waals surface area contributed by atoms with Crippen LogP contribution in [0.5, 0.6) is 0 Å². The first kappa shape index (κ1) is 32.0. The molecule has 1 unspecified atom stereocenters. The standard InChI is InChI=1S/C30H46N4O5S2/c1-30(2,3)39-29(37)34-21-41-20-26(34)28(36)32-25(19-40-18-23-7-5-4-6-8-23)27(35)31-24-11-9-22(10-12-24)17-33-13-15-38-16-14-33/h9-12,23,25-26H,4-8,13-21H2,1-3H3,(H,31,35)(H,32,36)/t25?,26-/m0/s1. The van der Waals surface area contributed by atoms with Crippen molar-refractivity contribution in [2.24, 2.45) is 5.92 Å². The van der Waals surface area contributed by atoms with Gasteiger partial charge in [-0.25, -0.2) is 4.79 Å². The second-order valence-corrected chi connectivity index (χ2v) is 14.2. The molecule has 2 heterocycles. The SMILES string of the molecule is CC(C)(C)OC(=O)N1CSC[C@H]1C(=O)NC(CSCC1CCCCC1)C(=O)Nc1ccc(CN2CCOCC2)cc1. The molecular formula is C30H46N4O5S2. The van der Waals surface area contributed by atoms with Crippen LogP contribution in [0.3, 0.4) is 0 Å². The Morgan fingerprint density at radius 3 is 2.49 bits per heavy atom. The van der Waals surface area contributed by atoms with Gasteiger partial charge in [0.1, 0.15) is 17.7 Å². The third-order valence-electron chi connectivity index (χ3n) is 7.54. The summed E-state index contributed by atoms with van der Waals surface area (Å²) in [5, 5.41) is 5.99. The van der Waals surface area contributed by atoms with Crippen molar-refractivity contribution in [1.29, 1.82) is 0 Å². The Morgan fingerprint density at radius 1 is 1.10 bits per heavy atom. The number of amides is 3. The van der Waals surface area contributed by atoms with Crippen LogP contribution in [0.1, 0.15) is 58.4 Å². The van der Waals surface area contributed by atoms with Gasteiger partial charge in [-0.1, -0.05) is 31.4 Å². The number of nitrogens with one attached hydrogen (secondary N) is 2. The Bertz CT molecular complexity index is 1010. The van der Waals surface area contributed by atoms with E-state index in [1.54, 1.807) is 11.8 Å². The van der Waals surface area contributed by atoms with Crippen molar-refractivity contribution in [3.8, 4) is 0 Å². The minimum absolute atomic E-state index is 0.245. The highest BCUT2D eigenvalue weighted by atomic mass is 32.2. The smallest absolute Gasteiger partial charge is 0.411 e. The first-order valence-electron chi connectivity index (χ1n) is 14.8. The number of hydrogen-bond donors (Lipinski definition) is 2. The van der Waals surface area contributed by atoms with Gasteiger partial charge in [-0.05, 0) is 63.0 Å². The zero-order valence-electron chi connectivity index (χ0n) is 24.7. The maximum Gasteiger partial charge on any atom is 0.411 e. The van der Waals surface area contributed by atoms with Crippen molar-refractivity contribution in [2.45, 2.75) is 77.1 Å². The van der Waals surface area contributed by atoms with E-state index in [2.05, 4.69) is 15.5 Å². The first-order chi connectivity index (χ1) is 19.7. The fourth-order valence-electron chi connectivity index (χ4n) is 5.26. The largest absolute Gasteiger partial charge is 0.444 e. The van der Waals surface area contributed by atoms with E-state index in [1.165, 1.54) is 54.3 Å². The van der Waals surface area contributed by atoms with Crippen molar-refractivity contribution in [3.63, 3.8) is 0 Å². The molecule has 2 N–H and O–H groups in total. The van der Waals surface area contributed by atoms with Crippen molar-refractivity contribution < 1.29 is 23.9 Å². The van der Waals surface area contributed by atoms with E-state index in [9.17, 15) is 14.4 Å². The van der Waals surface area contributed by atoms with Crippen LogP contribution in [0.2, 0.25) is 0 Å². The quantitative estimate of drug-likeness (QED) is 0.400. The number of carbonyl (C=O) groups is 3. The third-order valence-corrected chi connectivity index (χ3v) is 9.83. The zero-order valence-corrected chi connectivity index (χ0v) is 26.3. The molecule has 0 radical (unpaired) electrons. The van der Waals surface area contributed by atoms with Gasteiger partial charge in [0.05, 0.1) is 19.1 Å². The average Bonchev–Trinajstić information content (AvgIpc) is 3.44. The summed E-state index contributed by atoms with van der Waals surface area (Å²) >= 11 is 3.24. The van der Waals surface area contributed by atoms with Gasteiger partial charge in [0.2, 0.25) is 11.8 Å². The summed E-state index contributed by atoms with van der Waals surface area (Å²) in [6.07, 6.45) is 5.81. The summed E-state index contributed by atoms with van der Waals surface area (Å²) in [7, 11) is 0. The van der Waals surface area contributed by atoms with Gasteiger partial charge in [0.15, 0.2) is 0 Å². The average molecular weight is 607 g/mol. The molecule has 2 saturated heterocycles. The summed E-state index contributed by atoms with van der Waals surface area (Å²) in [6.45, 7) is 9.63. The number of hydrogen-bond acceptors (Lipinski definition) is 8. The molecular weight excluding hydrogens is 560 g/mol. The summed E-state index contributed by atoms with van der Waals surface area (Å²) in [6, 6.07) is 6.51. The molecule has 0 spiro atoms. The van der Waals surface area contributed by atoms with Crippen molar-refractivity contribution in [1.82, 2.24) is 15.1 Å². The molecule has 11 heteroatoms. The molecule has 1 saturated carbocycles. The fourth-order valence-corrected chi connectivity index (χ4v) is 7.67.